The third-order valence-electron chi connectivity index (χ3n) is 0. The molecule has 0 saturated carbocycles. The summed E-state index contributed by atoms with van der Waals surface area (Å²) in [5.74, 6) is 0. The first-order valence-electron chi connectivity index (χ1n) is 0. The van der Waals surface area contributed by atoms with Gasteiger partial charge in [0.25, 0.3) is 0 Å². The molecule has 0 aromatic heterocycles. The molecule has 0 aliphatic carbocycles. The van der Waals surface area contributed by atoms with Gasteiger partial charge in [0.1, 0.15) is 0 Å². The molecule has 0 fully saturated rings. The second-order valence-corrected chi connectivity index (χ2v) is 0. The van der Waals surface area contributed by atoms with E-state index in [1.807, 2.05) is 0 Å². The molecule has 0 aromatic rings. The zero-order chi connectivity index (χ0) is 0. The summed E-state index contributed by atoms with van der Waals surface area (Å²) in [5.41, 5.74) is 0. The average Bonchev–Trinajstić information content (AvgIpc) is 0. The molecule has 33 valence electrons. The van der Waals surface area contributed by atoms with Crippen molar-refractivity contribution in [2.24, 2.45) is 0 Å². The SMILES string of the molecule is O.[Co].[La+3].[O-2].[O-2]. The zero-order valence-electron chi connectivity index (χ0n) is 2.23. The molecule has 0 heterocycles. The number of rotatable bonds is 0. The summed E-state index contributed by atoms with van der Waals surface area (Å²) in [6.07, 6.45) is 0. The van der Waals surface area contributed by atoms with E-state index in [1.54, 1.807) is 0 Å². The van der Waals surface area contributed by atoms with E-state index in [0.29, 0.717) is 0 Å². The van der Waals surface area contributed by atoms with Gasteiger partial charge in [-0.1, -0.05) is 0 Å². The Morgan fingerprint density at radius 3 is 0.800 bits per heavy atom. The van der Waals surface area contributed by atoms with Crippen LogP contribution >= 0.6 is 0 Å². The smallest absolute Gasteiger partial charge is 2.00 e. The molecule has 0 spiro atoms. The molecular weight excluding hydrogens is 246 g/mol. The largest absolute Gasteiger partial charge is 3.00 e. The summed E-state index contributed by atoms with van der Waals surface area (Å²) >= 11 is 0. The minimum absolute atomic E-state index is 0. The minimum Gasteiger partial charge on any atom is -2.00 e. The first kappa shape index (κ1) is 82.0. The first-order chi connectivity index (χ1) is 0. The second-order valence-electron chi connectivity index (χ2n) is 0. The van der Waals surface area contributed by atoms with Crippen LogP contribution in [0.5, 0.6) is 0 Å². The third-order valence-corrected chi connectivity index (χ3v) is 0. The van der Waals surface area contributed by atoms with Gasteiger partial charge in [0, 0.05) is 16.8 Å². The zero-order valence-corrected chi connectivity index (χ0v) is 6.89. The Morgan fingerprint density at radius 2 is 0.800 bits per heavy atom. The van der Waals surface area contributed by atoms with Crippen molar-refractivity contribution in [2.75, 3.05) is 0 Å². The summed E-state index contributed by atoms with van der Waals surface area (Å²) < 4.78 is 0. The molecule has 2 N–H and O–H groups in total. The fourth-order valence-corrected chi connectivity index (χ4v) is 0. The molecule has 0 aromatic carbocycles. The first-order valence-corrected chi connectivity index (χ1v) is 0. The predicted molar refractivity (Wildman–Crippen MR) is 4.99 cm³/mol. The minimum atomic E-state index is 0. The van der Waals surface area contributed by atoms with Gasteiger partial charge in [-0.3, -0.25) is 0 Å². The van der Waals surface area contributed by atoms with Crippen molar-refractivity contribution in [1.29, 1.82) is 0 Å². The fourth-order valence-electron chi connectivity index (χ4n) is 0. The Morgan fingerprint density at radius 1 is 0.800 bits per heavy atom. The van der Waals surface area contributed by atoms with E-state index in [1.165, 1.54) is 0 Å². The van der Waals surface area contributed by atoms with Crippen molar-refractivity contribution < 1.29 is 68.8 Å². The standard InChI is InChI=1S/Co.La.H2O.2O/h;;1H2;;/q;+3;;2*-2. The van der Waals surface area contributed by atoms with Gasteiger partial charge in [0.2, 0.25) is 0 Å². The van der Waals surface area contributed by atoms with E-state index < -0.39 is 0 Å². The van der Waals surface area contributed by atoms with Crippen LogP contribution in [0.25, 0.3) is 0 Å². The summed E-state index contributed by atoms with van der Waals surface area (Å²) in [6, 6.07) is 0. The summed E-state index contributed by atoms with van der Waals surface area (Å²) in [4.78, 5) is 0. The van der Waals surface area contributed by atoms with Crippen LogP contribution in [-0.2, 0) is 27.7 Å². The van der Waals surface area contributed by atoms with Crippen molar-refractivity contribution in [3.63, 3.8) is 0 Å². The molecule has 0 bridgehead atoms. The van der Waals surface area contributed by atoms with E-state index in [0.717, 1.165) is 0 Å². The Hall–Kier alpha value is 1.58. The van der Waals surface area contributed by atoms with Crippen LogP contribution in [0.2, 0.25) is 0 Å². The second kappa shape index (κ2) is 46.8. The van der Waals surface area contributed by atoms with Gasteiger partial charge in [-0.2, -0.15) is 0 Å². The quantitative estimate of drug-likeness (QED) is 0.522. The fraction of sp³-hybridized carbons (Fsp3) is 0. The van der Waals surface area contributed by atoms with Gasteiger partial charge in [-0.25, -0.2) is 0 Å². The van der Waals surface area contributed by atoms with Gasteiger partial charge in [0.05, 0.1) is 0 Å². The molecule has 0 aliphatic heterocycles. The molecule has 3 nitrogen and oxygen atoms in total. The predicted octanol–water partition coefficient (Wildman–Crippen LogP) is -1.06. The monoisotopic (exact) mass is 248 g/mol. The van der Waals surface area contributed by atoms with Crippen LogP contribution < -0.4 is 0 Å². The molecular formula is H2CoLaO3-. The van der Waals surface area contributed by atoms with Crippen LogP contribution in [0.4, 0.5) is 0 Å². The van der Waals surface area contributed by atoms with Crippen LogP contribution in [0, 0.1) is 35.6 Å². The van der Waals surface area contributed by atoms with Crippen molar-refractivity contribution in [2.45, 2.75) is 0 Å². The number of hydrogen-bond donors (Lipinski definition) is 0. The van der Waals surface area contributed by atoms with Gasteiger partial charge in [-0.05, 0) is 0 Å². The van der Waals surface area contributed by atoms with E-state index in [4.69, 9.17) is 0 Å². The van der Waals surface area contributed by atoms with Crippen molar-refractivity contribution in [1.82, 2.24) is 0 Å². The number of hydrogen-bond acceptors (Lipinski definition) is 0. The molecule has 0 saturated heterocycles. The van der Waals surface area contributed by atoms with Gasteiger partial charge in [-0.15, -0.1) is 0 Å². The van der Waals surface area contributed by atoms with Crippen molar-refractivity contribution in [3.8, 4) is 0 Å². The van der Waals surface area contributed by atoms with E-state index in [9.17, 15) is 0 Å². The average molecular weight is 248 g/mol. The van der Waals surface area contributed by atoms with Crippen LogP contribution in [0.15, 0.2) is 0 Å². The Kier molecular flexibility index (Phi) is 768. The molecule has 0 amide bonds. The van der Waals surface area contributed by atoms with Crippen molar-refractivity contribution in [3.05, 3.63) is 0 Å². The maximum absolute atomic E-state index is 0. The van der Waals surface area contributed by atoms with E-state index in [2.05, 4.69) is 0 Å². The topological polar surface area (TPSA) is 88.5 Å². The molecule has 1 radical (unpaired) electrons. The Balaban J connectivity index is 0. The molecule has 0 aliphatic rings. The molecule has 5 heteroatoms. The maximum atomic E-state index is 0. The molecule has 0 atom stereocenters. The maximum Gasteiger partial charge on any atom is 3.00 e. The van der Waals surface area contributed by atoms with Gasteiger partial charge in [0.15, 0.2) is 0 Å². The van der Waals surface area contributed by atoms with Gasteiger partial charge >= 0.3 is 35.6 Å². The third kappa shape index (κ3) is 28.6. The van der Waals surface area contributed by atoms with E-state index in [-0.39, 0.29) is 68.8 Å². The molecule has 0 rings (SSSR count). The van der Waals surface area contributed by atoms with Crippen LogP contribution in [0.1, 0.15) is 0 Å². The summed E-state index contributed by atoms with van der Waals surface area (Å²) in [7, 11) is 0. The Bertz CT molecular complexity index is 6.85. The molecule has 5 heavy (non-hydrogen) atoms. The molecule has 0 unspecified atom stereocenters. The van der Waals surface area contributed by atoms with Gasteiger partial charge < -0.3 is 16.4 Å². The van der Waals surface area contributed by atoms with E-state index >= 15 is 0 Å². The summed E-state index contributed by atoms with van der Waals surface area (Å²) in [5, 5.41) is 0. The Labute approximate surface area is 68.2 Å². The van der Waals surface area contributed by atoms with Crippen LogP contribution in [0.3, 0.4) is 0 Å². The van der Waals surface area contributed by atoms with Crippen molar-refractivity contribution >= 4 is 0 Å². The summed E-state index contributed by atoms with van der Waals surface area (Å²) in [6.45, 7) is 0. The van der Waals surface area contributed by atoms with Crippen LogP contribution in [-0.4, -0.2) is 5.48 Å². The normalized spacial score (nSPS) is 0.